The van der Waals surface area contributed by atoms with Crippen LogP contribution < -0.4 is 19.1 Å². The van der Waals surface area contributed by atoms with Crippen LogP contribution in [0.1, 0.15) is 18.5 Å². The number of methoxy groups -OCH3 is 2. The molecule has 0 aliphatic rings. The van der Waals surface area contributed by atoms with E-state index in [0.717, 1.165) is 9.87 Å². The zero-order valence-electron chi connectivity index (χ0n) is 18.2. The summed E-state index contributed by atoms with van der Waals surface area (Å²) in [4.78, 5) is 13.1. The van der Waals surface area contributed by atoms with E-state index < -0.39 is 22.0 Å². The van der Waals surface area contributed by atoms with E-state index in [9.17, 15) is 13.2 Å². The predicted octanol–water partition coefficient (Wildman–Crippen LogP) is 3.78. The fourth-order valence-corrected chi connectivity index (χ4v) is 4.74. The first kappa shape index (κ1) is 23.1. The number of para-hydroxylation sites is 1. The van der Waals surface area contributed by atoms with Crippen molar-refractivity contribution in [1.29, 1.82) is 0 Å². The van der Waals surface area contributed by atoms with Crippen molar-refractivity contribution in [2.24, 2.45) is 0 Å². The van der Waals surface area contributed by atoms with Crippen LogP contribution in [0.4, 0.5) is 5.69 Å². The Morgan fingerprint density at radius 3 is 2.16 bits per heavy atom. The Bertz CT molecular complexity index is 1150. The van der Waals surface area contributed by atoms with E-state index >= 15 is 0 Å². The van der Waals surface area contributed by atoms with Crippen molar-refractivity contribution >= 4 is 21.6 Å². The van der Waals surface area contributed by atoms with E-state index in [0.29, 0.717) is 17.2 Å². The fraction of sp³-hybridized carbons (Fsp3) is 0.208. The Labute approximate surface area is 188 Å². The molecule has 1 N–H and O–H groups in total. The summed E-state index contributed by atoms with van der Waals surface area (Å²) in [5, 5.41) is 2.87. The third-order valence-electron chi connectivity index (χ3n) is 4.94. The van der Waals surface area contributed by atoms with Gasteiger partial charge in [-0.05, 0) is 49.4 Å². The van der Waals surface area contributed by atoms with Crippen molar-refractivity contribution in [3.8, 4) is 11.5 Å². The number of hydrogen-bond acceptors (Lipinski definition) is 5. The smallest absolute Gasteiger partial charge is 0.264 e. The summed E-state index contributed by atoms with van der Waals surface area (Å²) in [6, 6.07) is 21.5. The number of nitrogens with zero attached hydrogens (tertiary/aromatic N) is 1. The first-order chi connectivity index (χ1) is 15.4. The zero-order chi connectivity index (χ0) is 23.1. The summed E-state index contributed by atoms with van der Waals surface area (Å²) < 4.78 is 38.4. The zero-order valence-corrected chi connectivity index (χ0v) is 19.0. The summed E-state index contributed by atoms with van der Waals surface area (Å²) in [5.41, 5.74) is 1.12. The summed E-state index contributed by atoms with van der Waals surface area (Å²) in [6.45, 7) is 1.42. The normalized spacial score (nSPS) is 12.0. The van der Waals surface area contributed by atoms with Crippen LogP contribution in [0.15, 0.2) is 83.8 Å². The highest BCUT2D eigenvalue weighted by Crippen LogP contribution is 2.29. The molecule has 0 radical (unpaired) electrons. The van der Waals surface area contributed by atoms with Gasteiger partial charge in [0, 0.05) is 5.56 Å². The maximum atomic E-state index is 13.3. The lowest BCUT2D eigenvalue weighted by Crippen LogP contribution is -2.41. The third-order valence-corrected chi connectivity index (χ3v) is 6.73. The molecular formula is C24H26N2O5S. The molecule has 3 rings (SSSR count). The number of rotatable bonds is 9. The van der Waals surface area contributed by atoms with Crippen molar-refractivity contribution in [2.75, 3.05) is 25.1 Å². The number of anilines is 1. The van der Waals surface area contributed by atoms with Crippen molar-refractivity contribution < 1.29 is 22.7 Å². The van der Waals surface area contributed by atoms with Crippen LogP contribution in [-0.2, 0) is 14.8 Å². The highest BCUT2D eigenvalue weighted by atomic mass is 32.2. The number of ether oxygens (including phenoxy) is 2. The number of nitrogens with one attached hydrogen (secondary N) is 1. The molecule has 32 heavy (non-hydrogen) atoms. The van der Waals surface area contributed by atoms with Gasteiger partial charge in [-0.2, -0.15) is 0 Å². The number of carbonyl (C=O) groups excluding carboxylic acids is 1. The van der Waals surface area contributed by atoms with Gasteiger partial charge in [-0.15, -0.1) is 0 Å². The largest absolute Gasteiger partial charge is 0.497 e. The average molecular weight is 455 g/mol. The van der Waals surface area contributed by atoms with Crippen LogP contribution in [0, 0.1) is 0 Å². The molecule has 0 spiro atoms. The Morgan fingerprint density at radius 1 is 0.938 bits per heavy atom. The van der Waals surface area contributed by atoms with Gasteiger partial charge in [-0.25, -0.2) is 8.42 Å². The number of hydrogen-bond donors (Lipinski definition) is 1. The van der Waals surface area contributed by atoms with Gasteiger partial charge in [0.2, 0.25) is 5.91 Å². The lowest BCUT2D eigenvalue weighted by Gasteiger charge is -2.25. The minimum Gasteiger partial charge on any atom is -0.497 e. The van der Waals surface area contributed by atoms with Gasteiger partial charge in [-0.1, -0.05) is 36.4 Å². The molecule has 0 unspecified atom stereocenters. The highest BCUT2D eigenvalue weighted by Gasteiger charge is 2.27. The molecule has 7 nitrogen and oxygen atoms in total. The molecule has 0 fully saturated rings. The van der Waals surface area contributed by atoms with Crippen LogP contribution in [0.25, 0.3) is 0 Å². The quantitative estimate of drug-likeness (QED) is 0.532. The average Bonchev–Trinajstić information content (AvgIpc) is 2.83. The van der Waals surface area contributed by atoms with Gasteiger partial charge in [-0.3, -0.25) is 9.10 Å². The van der Waals surface area contributed by atoms with Crippen molar-refractivity contribution in [1.82, 2.24) is 5.32 Å². The molecular weight excluding hydrogens is 428 g/mol. The molecule has 3 aromatic rings. The summed E-state index contributed by atoms with van der Waals surface area (Å²) in [7, 11) is -0.844. The molecule has 0 bridgehead atoms. The molecule has 0 saturated carbocycles. The van der Waals surface area contributed by atoms with Crippen LogP contribution in [0.2, 0.25) is 0 Å². The van der Waals surface area contributed by atoms with Gasteiger partial charge >= 0.3 is 0 Å². The summed E-state index contributed by atoms with van der Waals surface area (Å²) >= 11 is 0. The Balaban J connectivity index is 1.87. The lowest BCUT2D eigenvalue weighted by atomic mass is 10.1. The van der Waals surface area contributed by atoms with E-state index in [1.165, 1.54) is 12.1 Å². The standard InChI is InChI=1S/C24H26N2O5S/c1-18(22-16-20(30-2)14-15-23(22)31-3)25-24(27)17-26(19-10-6-4-7-11-19)32(28,29)21-12-8-5-9-13-21/h4-16,18H,17H2,1-3H3,(H,25,27)/t18-/m1/s1. The second kappa shape index (κ2) is 10.2. The molecule has 0 aliphatic heterocycles. The van der Waals surface area contributed by atoms with E-state index in [1.54, 1.807) is 87.9 Å². The number of carbonyl (C=O) groups is 1. The third kappa shape index (κ3) is 5.20. The maximum absolute atomic E-state index is 13.3. The van der Waals surface area contributed by atoms with E-state index in [1.807, 2.05) is 0 Å². The minimum absolute atomic E-state index is 0.110. The van der Waals surface area contributed by atoms with Crippen LogP contribution in [0.5, 0.6) is 11.5 Å². The molecule has 0 aliphatic carbocycles. The van der Waals surface area contributed by atoms with Gasteiger partial charge in [0.1, 0.15) is 18.0 Å². The molecule has 1 atom stereocenters. The predicted molar refractivity (Wildman–Crippen MR) is 124 cm³/mol. The van der Waals surface area contributed by atoms with Crippen molar-refractivity contribution in [2.45, 2.75) is 17.9 Å². The number of benzene rings is 3. The monoisotopic (exact) mass is 454 g/mol. The lowest BCUT2D eigenvalue weighted by molar-refractivity contribution is -0.120. The topological polar surface area (TPSA) is 84.9 Å². The molecule has 168 valence electrons. The molecule has 3 aromatic carbocycles. The maximum Gasteiger partial charge on any atom is 0.264 e. The second-order valence-electron chi connectivity index (χ2n) is 7.06. The first-order valence-corrected chi connectivity index (χ1v) is 11.4. The molecule has 1 amide bonds. The SMILES string of the molecule is COc1ccc(OC)c([C@@H](C)NC(=O)CN(c2ccccc2)S(=O)(=O)c2ccccc2)c1. The van der Waals surface area contributed by atoms with Gasteiger partial charge in [0.15, 0.2) is 0 Å². The van der Waals surface area contributed by atoms with E-state index in [2.05, 4.69) is 5.32 Å². The van der Waals surface area contributed by atoms with Crippen LogP contribution >= 0.6 is 0 Å². The molecule has 0 aromatic heterocycles. The summed E-state index contributed by atoms with van der Waals surface area (Å²) in [6.07, 6.45) is 0. The number of amides is 1. The van der Waals surface area contributed by atoms with Gasteiger partial charge in [0.05, 0.1) is 30.8 Å². The fourth-order valence-electron chi connectivity index (χ4n) is 3.30. The van der Waals surface area contributed by atoms with E-state index in [4.69, 9.17) is 9.47 Å². The van der Waals surface area contributed by atoms with Gasteiger partial charge in [0.25, 0.3) is 10.0 Å². The molecule has 8 heteroatoms. The van der Waals surface area contributed by atoms with Gasteiger partial charge < -0.3 is 14.8 Å². The van der Waals surface area contributed by atoms with E-state index in [-0.39, 0.29) is 11.4 Å². The van der Waals surface area contributed by atoms with Crippen molar-refractivity contribution in [3.63, 3.8) is 0 Å². The minimum atomic E-state index is -3.95. The van der Waals surface area contributed by atoms with Crippen molar-refractivity contribution in [3.05, 3.63) is 84.4 Å². The second-order valence-corrected chi connectivity index (χ2v) is 8.92. The Morgan fingerprint density at radius 2 is 1.56 bits per heavy atom. The van der Waals surface area contributed by atoms with Crippen LogP contribution in [-0.4, -0.2) is 35.1 Å². The van der Waals surface area contributed by atoms with Crippen LogP contribution in [0.3, 0.4) is 0 Å². The first-order valence-electron chi connectivity index (χ1n) is 10.0. The molecule has 0 heterocycles. The highest BCUT2D eigenvalue weighted by molar-refractivity contribution is 7.92. The summed E-state index contributed by atoms with van der Waals surface area (Å²) in [5.74, 6) is 0.764. The number of sulfonamides is 1. The Kier molecular flexibility index (Phi) is 7.37. The molecule has 0 saturated heterocycles. The Hall–Kier alpha value is -3.52.